The number of phosphoric ester groups is 2. The number of nitrogens with zero attached hydrogens (tertiary/aromatic N) is 2. The highest BCUT2D eigenvalue weighted by molar-refractivity contribution is 7.61. The fraction of sp³-hybridized carbons (Fsp3) is 0. The monoisotopic (exact) mass is 310 g/mol. The predicted molar refractivity (Wildman–Crippen MR) is 59.2 cm³/mol. The van der Waals surface area contributed by atoms with E-state index >= 15 is 0 Å². The highest BCUT2D eigenvalue weighted by atomic mass is 31.3. The molecule has 11 nitrogen and oxygen atoms in total. The van der Waals surface area contributed by atoms with Crippen LogP contribution in [0.4, 0.5) is 0 Å². The van der Waals surface area contributed by atoms with Crippen molar-refractivity contribution in [1.82, 2.24) is 19.9 Å². The van der Waals surface area contributed by atoms with E-state index in [4.69, 9.17) is 0 Å². The molecule has 0 radical (unpaired) electrons. The van der Waals surface area contributed by atoms with Crippen molar-refractivity contribution in [2.45, 2.75) is 0 Å². The lowest BCUT2D eigenvalue weighted by atomic mass is 11.0. The molecular formula is C6H8N4O7P2. The number of hydrogen-bond acceptors (Lipinski definition) is 7. The minimum absolute atomic E-state index is 0.358. The predicted octanol–water partition coefficient (Wildman–Crippen LogP) is 0.808. The normalized spacial score (nSPS) is 17.4. The van der Waals surface area contributed by atoms with Crippen LogP contribution in [0.3, 0.4) is 0 Å². The number of hydrogen-bond donors (Lipinski definition) is 4. The molecule has 0 aliphatic carbocycles. The average Bonchev–Trinajstić information content (AvgIpc) is 2.87. The zero-order valence-corrected chi connectivity index (χ0v) is 10.8. The van der Waals surface area contributed by atoms with Crippen molar-refractivity contribution in [3.63, 3.8) is 0 Å². The molecule has 2 aromatic rings. The summed E-state index contributed by atoms with van der Waals surface area (Å²) in [4.78, 5) is 30.2. The van der Waals surface area contributed by atoms with Gasteiger partial charge in [-0.25, -0.2) is 19.1 Å². The summed E-state index contributed by atoms with van der Waals surface area (Å²) in [5, 5.41) is 0. The minimum Gasteiger partial charge on any atom is -0.370 e. The average molecular weight is 310 g/mol. The summed E-state index contributed by atoms with van der Waals surface area (Å²) in [5.74, 6) is 0. The van der Waals surface area contributed by atoms with Gasteiger partial charge >= 0.3 is 27.7 Å². The summed E-state index contributed by atoms with van der Waals surface area (Å²) in [7, 11) is -9.79. The second-order valence-corrected chi connectivity index (χ2v) is 5.88. The Balaban J connectivity index is 2.02. The molecule has 2 aromatic heterocycles. The zero-order valence-electron chi connectivity index (χ0n) is 9.03. The first-order valence-electron chi connectivity index (χ1n) is 4.61. The van der Waals surface area contributed by atoms with Gasteiger partial charge in [-0.2, -0.15) is 4.31 Å². The zero-order chi connectivity index (χ0) is 13.9. The van der Waals surface area contributed by atoms with Crippen LogP contribution in [-0.4, -0.2) is 29.7 Å². The summed E-state index contributed by atoms with van der Waals surface area (Å²) in [5.41, 5.74) is 0. The van der Waals surface area contributed by atoms with E-state index in [0.29, 0.717) is 0 Å². The number of rotatable bonds is 6. The second kappa shape index (κ2) is 5.16. The Bertz CT molecular complexity index is 557. The SMILES string of the molecule is O=P(O)(Oc1ncc[nH]1)OP(=O)(O)Oc1ncc[nH]1. The molecular weight excluding hydrogens is 302 g/mol. The molecule has 2 heterocycles. The van der Waals surface area contributed by atoms with Crippen molar-refractivity contribution in [2.24, 2.45) is 0 Å². The highest BCUT2D eigenvalue weighted by Crippen LogP contribution is 2.59. The molecule has 13 heteroatoms. The van der Waals surface area contributed by atoms with Gasteiger partial charge in [0.2, 0.25) is 0 Å². The van der Waals surface area contributed by atoms with Gasteiger partial charge in [-0.3, -0.25) is 9.79 Å². The molecule has 0 fully saturated rings. The topological polar surface area (TPSA) is 160 Å². The Morgan fingerprint density at radius 3 is 1.68 bits per heavy atom. The molecule has 0 aliphatic rings. The Morgan fingerprint density at radius 1 is 0.947 bits per heavy atom. The van der Waals surface area contributed by atoms with Crippen LogP contribution in [0.1, 0.15) is 0 Å². The maximum Gasteiger partial charge on any atom is 0.539 e. The van der Waals surface area contributed by atoms with E-state index in [2.05, 4.69) is 33.3 Å². The lowest BCUT2D eigenvalue weighted by Crippen LogP contribution is -2.01. The summed E-state index contributed by atoms with van der Waals surface area (Å²) < 4.78 is 35.6. The van der Waals surface area contributed by atoms with Crippen molar-refractivity contribution in [2.75, 3.05) is 0 Å². The molecule has 0 saturated carbocycles. The standard InChI is InChI=1S/C6H8N4O7P2/c11-18(12,15-5-7-1-2-8-5)17-19(13,14)16-6-9-3-4-10-6/h1-4H,(H,7,8)(H,9,10)(H,11,12)(H,13,14). The number of H-pyrrole nitrogens is 2. The van der Waals surface area contributed by atoms with E-state index in [1.54, 1.807) is 0 Å². The number of aromatic amines is 2. The second-order valence-electron chi connectivity index (χ2n) is 2.99. The van der Waals surface area contributed by atoms with Crippen LogP contribution in [0, 0.1) is 0 Å². The molecule has 0 aliphatic heterocycles. The Morgan fingerprint density at radius 2 is 1.37 bits per heavy atom. The fourth-order valence-corrected chi connectivity index (χ4v) is 2.93. The molecule has 0 saturated heterocycles. The third-order valence-electron chi connectivity index (χ3n) is 1.56. The number of nitrogens with one attached hydrogen (secondary N) is 2. The lowest BCUT2D eigenvalue weighted by Gasteiger charge is -2.14. The van der Waals surface area contributed by atoms with Crippen molar-refractivity contribution in [1.29, 1.82) is 0 Å². The Labute approximate surface area is 105 Å². The van der Waals surface area contributed by atoms with E-state index in [1.807, 2.05) is 0 Å². The van der Waals surface area contributed by atoms with Crippen molar-refractivity contribution in [3.8, 4) is 12.0 Å². The Hall–Kier alpha value is -1.64. The highest BCUT2D eigenvalue weighted by Gasteiger charge is 2.39. The van der Waals surface area contributed by atoms with E-state index < -0.39 is 15.6 Å². The van der Waals surface area contributed by atoms with Crippen LogP contribution in [0.5, 0.6) is 12.0 Å². The summed E-state index contributed by atoms with van der Waals surface area (Å²) in [6.07, 6.45) is 5.11. The van der Waals surface area contributed by atoms with Crippen LogP contribution < -0.4 is 9.05 Å². The van der Waals surface area contributed by atoms with Gasteiger partial charge in [0, 0.05) is 24.8 Å². The molecule has 104 valence electrons. The molecule has 0 bridgehead atoms. The number of imidazole rings is 2. The molecule has 19 heavy (non-hydrogen) atoms. The fourth-order valence-electron chi connectivity index (χ4n) is 0.984. The van der Waals surface area contributed by atoms with E-state index in [0.717, 1.165) is 0 Å². The third kappa shape index (κ3) is 4.19. The molecule has 2 rings (SSSR count). The minimum atomic E-state index is -4.89. The van der Waals surface area contributed by atoms with Crippen LogP contribution in [-0.2, 0) is 13.4 Å². The quantitative estimate of drug-likeness (QED) is 0.566. The summed E-state index contributed by atoms with van der Waals surface area (Å²) in [6.45, 7) is 0. The third-order valence-corrected chi connectivity index (χ3v) is 4.01. The molecule has 0 aromatic carbocycles. The van der Waals surface area contributed by atoms with Gasteiger partial charge in [0.25, 0.3) is 0 Å². The van der Waals surface area contributed by atoms with Gasteiger partial charge in [-0.1, -0.05) is 0 Å². The van der Waals surface area contributed by atoms with Crippen LogP contribution in [0.25, 0.3) is 0 Å². The molecule has 4 N–H and O–H groups in total. The molecule has 0 amide bonds. The molecule has 2 unspecified atom stereocenters. The maximum atomic E-state index is 11.4. The van der Waals surface area contributed by atoms with Crippen molar-refractivity contribution < 1.29 is 32.3 Å². The van der Waals surface area contributed by atoms with Gasteiger partial charge in [0.05, 0.1) is 0 Å². The van der Waals surface area contributed by atoms with Crippen LogP contribution >= 0.6 is 15.6 Å². The number of aromatic nitrogens is 4. The Kier molecular flexibility index (Phi) is 3.74. The summed E-state index contributed by atoms with van der Waals surface area (Å²) >= 11 is 0. The van der Waals surface area contributed by atoms with Gasteiger partial charge in [-0.15, -0.1) is 0 Å². The van der Waals surface area contributed by atoms with Gasteiger partial charge in [-0.05, 0) is 0 Å². The first-order valence-corrected chi connectivity index (χ1v) is 7.60. The van der Waals surface area contributed by atoms with Gasteiger partial charge in [0.1, 0.15) is 0 Å². The smallest absolute Gasteiger partial charge is 0.370 e. The summed E-state index contributed by atoms with van der Waals surface area (Å²) in [6, 6.07) is -0.715. The lowest BCUT2D eigenvalue weighted by molar-refractivity contribution is 0.228. The number of phosphoric acid groups is 2. The van der Waals surface area contributed by atoms with E-state index in [1.165, 1.54) is 24.8 Å². The first kappa shape index (κ1) is 13.8. The van der Waals surface area contributed by atoms with E-state index in [-0.39, 0.29) is 12.0 Å². The van der Waals surface area contributed by atoms with Crippen LogP contribution in [0.2, 0.25) is 0 Å². The van der Waals surface area contributed by atoms with E-state index in [9.17, 15) is 18.9 Å². The van der Waals surface area contributed by atoms with Gasteiger partial charge in [0.15, 0.2) is 0 Å². The van der Waals surface area contributed by atoms with Crippen LogP contribution in [0.15, 0.2) is 24.8 Å². The first-order chi connectivity index (χ1) is 8.86. The van der Waals surface area contributed by atoms with Gasteiger partial charge < -0.3 is 19.0 Å². The van der Waals surface area contributed by atoms with Crippen molar-refractivity contribution >= 4 is 15.6 Å². The molecule has 0 spiro atoms. The molecule has 2 atom stereocenters. The van der Waals surface area contributed by atoms with Crippen molar-refractivity contribution in [3.05, 3.63) is 24.8 Å². The largest absolute Gasteiger partial charge is 0.539 e. The maximum absolute atomic E-state index is 11.4.